The summed E-state index contributed by atoms with van der Waals surface area (Å²) in [7, 11) is 0. The van der Waals surface area contributed by atoms with Crippen molar-refractivity contribution in [3.8, 4) is 5.75 Å². The number of rotatable bonds is 5. The number of β-amino-alcohol motifs (C(OH)–C–C–N with tert-alkyl or cyclic N) is 1. The summed E-state index contributed by atoms with van der Waals surface area (Å²) in [6.45, 7) is 2.30. The lowest BCUT2D eigenvalue weighted by Gasteiger charge is -2.39. The number of anilines is 1. The first-order valence-corrected chi connectivity index (χ1v) is 11.3. The minimum Gasteiger partial charge on any atom is -0.487 e. The topological polar surface area (TPSA) is 62.2 Å². The van der Waals surface area contributed by atoms with E-state index < -0.39 is 6.10 Å². The van der Waals surface area contributed by atoms with Crippen LogP contribution in [0.25, 0.3) is 0 Å². The van der Waals surface area contributed by atoms with E-state index in [4.69, 9.17) is 21.2 Å². The van der Waals surface area contributed by atoms with Gasteiger partial charge in [0.1, 0.15) is 18.0 Å². The number of para-hydroxylation sites is 1. The molecule has 3 heterocycles. The van der Waals surface area contributed by atoms with Crippen molar-refractivity contribution in [1.82, 2.24) is 4.90 Å². The highest BCUT2D eigenvalue weighted by molar-refractivity contribution is 6.30. The molecule has 1 spiro atoms. The summed E-state index contributed by atoms with van der Waals surface area (Å²) in [6.07, 6.45) is 3.19. The summed E-state index contributed by atoms with van der Waals surface area (Å²) in [5.74, 6) is 0.877. The fraction of sp³-hybridized carbons (Fsp3) is 0.458. The molecule has 1 atom stereocenters. The van der Waals surface area contributed by atoms with Crippen molar-refractivity contribution in [3.05, 3.63) is 58.6 Å². The van der Waals surface area contributed by atoms with Crippen LogP contribution in [0.15, 0.2) is 42.5 Å². The van der Waals surface area contributed by atoms with Crippen LogP contribution in [0.5, 0.6) is 5.75 Å². The molecule has 7 heteroatoms. The molecular weight excluding hydrogens is 416 g/mol. The Morgan fingerprint density at radius 2 is 1.94 bits per heavy atom. The van der Waals surface area contributed by atoms with Gasteiger partial charge in [-0.05, 0) is 41.8 Å². The maximum absolute atomic E-state index is 12.3. The van der Waals surface area contributed by atoms with E-state index in [0.717, 1.165) is 60.8 Å². The van der Waals surface area contributed by atoms with E-state index in [9.17, 15) is 9.90 Å². The predicted octanol–water partition coefficient (Wildman–Crippen LogP) is 3.38. The molecule has 3 aliphatic rings. The van der Waals surface area contributed by atoms with Crippen LogP contribution in [0, 0.1) is 0 Å². The number of ether oxygens (including phenoxy) is 1. The SMILES string of the molecule is O=C1CCc2ccccc2N1OC[C@@H](O)CN1CCC2(CC1)Cc1cc(Cl)ccc1O2. The first-order chi connectivity index (χ1) is 15.0. The average Bonchev–Trinajstić information content (AvgIpc) is 3.11. The molecule has 3 aliphatic heterocycles. The molecule has 0 aromatic heterocycles. The predicted molar refractivity (Wildman–Crippen MR) is 118 cm³/mol. The number of aliphatic hydroxyl groups excluding tert-OH is 1. The van der Waals surface area contributed by atoms with Crippen molar-refractivity contribution >= 4 is 23.2 Å². The minimum atomic E-state index is -0.670. The zero-order valence-electron chi connectivity index (χ0n) is 17.4. The van der Waals surface area contributed by atoms with Gasteiger partial charge in [0.2, 0.25) is 0 Å². The van der Waals surface area contributed by atoms with Gasteiger partial charge in [0, 0.05) is 50.3 Å². The molecule has 0 radical (unpaired) electrons. The average molecular weight is 443 g/mol. The maximum atomic E-state index is 12.3. The van der Waals surface area contributed by atoms with Gasteiger partial charge in [-0.25, -0.2) is 0 Å². The van der Waals surface area contributed by atoms with Crippen molar-refractivity contribution in [2.75, 3.05) is 31.3 Å². The number of benzene rings is 2. The second-order valence-electron chi connectivity index (χ2n) is 8.78. The Kier molecular flexibility index (Phi) is 5.65. The lowest BCUT2D eigenvalue weighted by Crippen LogP contribution is -2.49. The van der Waals surface area contributed by atoms with Gasteiger partial charge in [0.05, 0.1) is 11.8 Å². The van der Waals surface area contributed by atoms with E-state index in [-0.39, 0.29) is 18.1 Å². The number of hydrogen-bond acceptors (Lipinski definition) is 5. The van der Waals surface area contributed by atoms with Crippen LogP contribution in [0.2, 0.25) is 5.02 Å². The van der Waals surface area contributed by atoms with Crippen LogP contribution in [0.3, 0.4) is 0 Å². The lowest BCUT2D eigenvalue weighted by molar-refractivity contribution is -0.128. The number of carbonyl (C=O) groups is 1. The molecule has 2 aromatic rings. The second kappa shape index (κ2) is 8.43. The van der Waals surface area contributed by atoms with Crippen LogP contribution in [0.4, 0.5) is 5.69 Å². The number of hydrogen-bond donors (Lipinski definition) is 1. The van der Waals surface area contributed by atoms with Gasteiger partial charge < -0.3 is 14.7 Å². The van der Waals surface area contributed by atoms with Crippen molar-refractivity contribution in [3.63, 3.8) is 0 Å². The Morgan fingerprint density at radius 3 is 2.77 bits per heavy atom. The third kappa shape index (κ3) is 4.30. The zero-order valence-corrected chi connectivity index (χ0v) is 18.2. The number of carbonyl (C=O) groups excluding carboxylic acids is 1. The summed E-state index contributed by atoms with van der Waals surface area (Å²) in [5.41, 5.74) is 2.90. The van der Waals surface area contributed by atoms with Gasteiger partial charge in [-0.3, -0.25) is 9.63 Å². The first kappa shape index (κ1) is 20.8. The molecular formula is C24H27ClN2O4. The Hall–Kier alpha value is -2.12. The molecule has 0 bridgehead atoms. The fourth-order valence-corrected chi connectivity index (χ4v) is 5.07. The fourth-order valence-electron chi connectivity index (χ4n) is 4.87. The highest BCUT2D eigenvalue weighted by Gasteiger charge is 2.42. The van der Waals surface area contributed by atoms with Crippen molar-refractivity contribution in [2.45, 2.75) is 43.8 Å². The van der Waals surface area contributed by atoms with E-state index in [0.29, 0.717) is 13.0 Å². The van der Waals surface area contributed by atoms with Gasteiger partial charge in [-0.15, -0.1) is 0 Å². The molecule has 1 amide bonds. The Morgan fingerprint density at radius 1 is 1.13 bits per heavy atom. The summed E-state index contributed by atoms with van der Waals surface area (Å²) in [4.78, 5) is 20.3. The molecule has 6 nitrogen and oxygen atoms in total. The molecule has 5 rings (SSSR count). The summed E-state index contributed by atoms with van der Waals surface area (Å²) >= 11 is 6.13. The second-order valence-corrected chi connectivity index (χ2v) is 9.22. The number of amides is 1. The lowest BCUT2D eigenvalue weighted by atomic mass is 9.87. The Balaban J connectivity index is 1.12. The van der Waals surface area contributed by atoms with Crippen LogP contribution in [-0.2, 0) is 22.5 Å². The molecule has 1 fully saturated rings. The third-order valence-corrected chi connectivity index (χ3v) is 6.77. The quantitative estimate of drug-likeness (QED) is 0.769. The molecule has 1 N–H and O–H groups in total. The van der Waals surface area contributed by atoms with Gasteiger partial charge >= 0.3 is 0 Å². The highest BCUT2D eigenvalue weighted by atomic mass is 35.5. The largest absolute Gasteiger partial charge is 0.487 e. The number of fused-ring (bicyclic) bond motifs is 2. The van der Waals surface area contributed by atoms with E-state index in [1.165, 1.54) is 10.6 Å². The molecule has 1 saturated heterocycles. The number of nitrogens with zero attached hydrogens (tertiary/aromatic N) is 2. The maximum Gasteiger partial charge on any atom is 0.251 e. The van der Waals surface area contributed by atoms with Gasteiger partial charge in [-0.1, -0.05) is 29.8 Å². The summed E-state index contributed by atoms with van der Waals surface area (Å²) < 4.78 is 6.30. The Labute approximate surface area is 187 Å². The third-order valence-electron chi connectivity index (χ3n) is 6.54. The Bertz CT molecular complexity index is 974. The van der Waals surface area contributed by atoms with Gasteiger partial charge in [0.25, 0.3) is 5.91 Å². The number of likely N-dealkylation sites (tertiary alicyclic amines) is 1. The summed E-state index contributed by atoms with van der Waals surface area (Å²) in [6, 6.07) is 13.6. The van der Waals surface area contributed by atoms with E-state index in [1.54, 1.807) is 0 Å². The molecule has 0 aliphatic carbocycles. The highest BCUT2D eigenvalue weighted by Crippen LogP contribution is 2.42. The minimum absolute atomic E-state index is 0.0659. The van der Waals surface area contributed by atoms with Gasteiger partial charge in [-0.2, -0.15) is 5.06 Å². The smallest absolute Gasteiger partial charge is 0.251 e. The number of hydroxylamine groups is 1. The summed E-state index contributed by atoms with van der Waals surface area (Å²) in [5, 5.41) is 12.6. The van der Waals surface area contributed by atoms with Crippen molar-refractivity contribution in [2.24, 2.45) is 0 Å². The molecule has 164 valence electrons. The molecule has 2 aromatic carbocycles. The van der Waals surface area contributed by atoms with Crippen molar-refractivity contribution < 1.29 is 19.5 Å². The van der Waals surface area contributed by atoms with Crippen LogP contribution in [-0.4, -0.2) is 53.9 Å². The van der Waals surface area contributed by atoms with E-state index in [1.807, 2.05) is 42.5 Å². The standard InChI is InChI=1S/C24H27ClN2O4/c25-19-6-7-22-18(13-19)14-24(31-22)9-11-26(12-10-24)15-20(28)16-30-27-21-4-2-1-3-17(21)5-8-23(27)29/h1-4,6-7,13,20,28H,5,8-12,14-16H2/t20-/m0/s1. The van der Waals surface area contributed by atoms with Crippen molar-refractivity contribution in [1.29, 1.82) is 0 Å². The number of aryl methyl sites for hydroxylation is 1. The number of aliphatic hydroxyl groups is 1. The normalized spacial score (nSPS) is 21.0. The first-order valence-electron chi connectivity index (χ1n) is 10.9. The van der Waals surface area contributed by atoms with Crippen LogP contribution < -0.4 is 9.80 Å². The number of halogens is 1. The molecule has 0 saturated carbocycles. The monoisotopic (exact) mass is 442 g/mol. The van der Waals surface area contributed by atoms with Crippen LogP contribution >= 0.6 is 11.6 Å². The van der Waals surface area contributed by atoms with E-state index >= 15 is 0 Å². The van der Waals surface area contributed by atoms with Crippen LogP contribution in [0.1, 0.15) is 30.4 Å². The molecule has 31 heavy (non-hydrogen) atoms. The van der Waals surface area contributed by atoms with Gasteiger partial charge in [0.15, 0.2) is 0 Å². The number of piperidine rings is 1. The molecule has 0 unspecified atom stereocenters. The van der Waals surface area contributed by atoms with E-state index in [2.05, 4.69) is 4.90 Å². The zero-order chi connectivity index (χ0) is 21.4.